The van der Waals surface area contributed by atoms with Crippen LogP contribution in [0.15, 0.2) is 12.2 Å². The van der Waals surface area contributed by atoms with Gasteiger partial charge in [-0.2, -0.15) is 0 Å². The van der Waals surface area contributed by atoms with Crippen LogP contribution in [0.2, 0.25) is 0 Å². The molecule has 0 spiro atoms. The lowest BCUT2D eigenvalue weighted by Gasteiger charge is -2.27. The largest absolute Gasteiger partial charge is 0.390 e. The van der Waals surface area contributed by atoms with E-state index in [-0.39, 0.29) is 17.8 Å². The van der Waals surface area contributed by atoms with E-state index in [0.717, 1.165) is 12.8 Å². The minimum absolute atomic E-state index is 0.216. The molecule has 0 aromatic heterocycles. The fraction of sp³-hybridized carbons (Fsp3) is 0.800. The summed E-state index contributed by atoms with van der Waals surface area (Å²) in [5, 5.41) is 9.73. The highest BCUT2D eigenvalue weighted by molar-refractivity contribution is 5.14. The van der Waals surface area contributed by atoms with Gasteiger partial charge in [0.15, 0.2) is 0 Å². The van der Waals surface area contributed by atoms with Gasteiger partial charge in [0, 0.05) is 0 Å². The zero-order chi connectivity index (χ0) is 8.93. The van der Waals surface area contributed by atoms with Crippen LogP contribution in [-0.2, 0) is 4.74 Å². The minimum atomic E-state index is -0.294. The maximum atomic E-state index is 9.73. The summed E-state index contributed by atoms with van der Waals surface area (Å²) in [6.45, 7) is 7.95. The molecule has 4 atom stereocenters. The number of rotatable bonds is 1. The second kappa shape index (κ2) is 2.33. The first kappa shape index (κ1) is 8.27. The normalized spacial score (nSPS) is 51.4. The van der Waals surface area contributed by atoms with Crippen LogP contribution in [0.5, 0.6) is 0 Å². The summed E-state index contributed by atoms with van der Waals surface area (Å²) in [4.78, 5) is 0. The third-order valence-corrected chi connectivity index (χ3v) is 3.34. The molecule has 2 heteroatoms. The highest BCUT2D eigenvalue weighted by Gasteiger charge is 2.60. The lowest BCUT2D eigenvalue weighted by Crippen LogP contribution is -2.36. The van der Waals surface area contributed by atoms with Crippen molar-refractivity contribution in [3.05, 3.63) is 12.2 Å². The predicted molar refractivity (Wildman–Crippen MR) is 46.8 cm³/mol. The van der Waals surface area contributed by atoms with E-state index < -0.39 is 0 Å². The summed E-state index contributed by atoms with van der Waals surface area (Å²) in [5.41, 5.74) is 0.956. The SMILES string of the molecule is C=C(C)[C@@H]1CC(O)[C@@]2(C)OC2C1. The molecule has 1 aliphatic carbocycles. The highest BCUT2D eigenvalue weighted by atomic mass is 16.6. The Morgan fingerprint density at radius 3 is 2.75 bits per heavy atom. The number of aliphatic hydroxyl groups is 1. The number of allylic oxidation sites excluding steroid dienone is 1. The molecule has 2 rings (SSSR count). The van der Waals surface area contributed by atoms with Crippen molar-refractivity contribution in [2.75, 3.05) is 0 Å². The van der Waals surface area contributed by atoms with Gasteiger partial charge in [-0.15, -0.1) is 0 Å². The van der Waals surface area contributed by atoms with E-state index >= 15 is 0 Å². The van der Waals surface area contributed by atoms with Crippen molar-refractivity contribution in [3.8, 4) is 0 Å². The Hall–Kier alpha value is -0.340. The summed E-state index contributed by atoms with van der Waals surface area (Å²) < 4.78 is 5.47. The predicted octanol–water partition coefficient (Wildman–Crippen LogP) is 1.49. The first-order valence-corrected chi connectivity index (χ1v) is 4.55. The van der Waals surface area contributed by atoms with Crippen LogP contribution in [0.3, 0.4) is 0 Å². The number of epoxide rings is 1. The van der Waals surface area contributed by atoms with Crippen molar-refractivity contribution in [3.63, 3.8) is 0 Å². The van der Waals surface area contributed by atoms with Crippen LogP contribution in [0.4, 0.5) is 0 Å². The van der Waals surface area contributed by atoms with Gasteiger partial charge < -0.3 is 9.84 Å². The van der Waals surface area contributed by atoms with Crippen LogP contribution >= 0.6 is 0 Å². The summed E-state index contributed by atoms with van der Waals surface area (Å²) in [7, 11) is 0. The molecule has 0 radical (unpaired) electrons. The molecule has 1 N–H and O–H groups in total. The standard InChI is InChI=1S/C10H16O2/c1-6(2)7-4-8(11)10(3)9(5-7)12-10/h7-9,11H,1,4-5H2,2-3H3/t7-,8?,9?,10-/m1/s1. The topological polar surface area (TPSA) is 32.8 Å². The van der Waals surface area contributed by atoms with Crippen molar-refractivity contribution < 1.29 is 9.84 Å². The van der Waals surface area contributed by atoms with Crippen molar-refractivity contribution in [2.45, 2.75) is 44.5 Å². The molecule has 2 fully saturated rings. The van der Waals surface area contributed by atoms with Crippen molar-refractivity contribution in [1.82, 2.24) is 0 Å². The van der Waals surface area contributed by atoms with E-state index in [1.54, 1.807) is 0 Å². The lowest BCUT2D eigenvalue weighted by atomic mass is 9.78. The van der Waals surface area contributed by atoms with E-state index in [2.05, 4.69) is 6.58 Å². The van der Waals surface area contributed by atoms with Gasteiger partial charge >= 0.3 is 0 Å². The van der Waals surface area contributed by atoms with Crippen LogP contribution in [0.1, 0.15) is 26.7 Å². The molecule has 68 valence electrons. The average Bonchev–Trinajstić information content (AvgIpc) is 2.62. The van der Waals surface area contributed by atoms with E-state index in [1.807, 2.05) is 13.8 Å². The van der Waals surface area contributed by atoms with Crippen LogP contribution in [0, 0.1) is 5.92 Å². The zero-order valence-electron chi connectivity index (χ0n) is 7.71. The van der Waals surface area contributed by atoms with Crippen molar-refractivity contribution in [1.29, 1.82) is 0 Å². The van der Waals surface area contributed by atoms with Crippen molar-refractivity contribution in [2.24, 2.45) is 5.92 Å². The molecule has 1 saturated carbocycles. The fourth-order valence-electron chi connectivity index (χ4n) is 2.11. The molecule has 12 heavy (non-hydrogen) atoms. The second-order valence-electron chi connectivity index (χ2n) is 4.32. The molecule has 1 saturated heterocycles. The molecule has 0 aromatic carbocycles. The first-order chi connectivity index (χ1) is 5.54. The van der Waals surface area contributed by atoms with E-state index in [9.17, 15) is 5.11 Å². The number of aliphatic hydroxyl groups excluding tert-OH is 1. The molecule has 1 heterocycles. The molecule has 2 aliphatic rings. The number of hydrogen-bond acceptors (Lipinski definition) is 2. The smallest absolute Gasteiger partial charge is 0.118 e. The van der Waals surface area contributed by atoms with E-state index in [4.69, 9.17) is 4.74 Å². The average molecular weight is 168 g/mol. The van der Waals surface area contributed by atoms with Crippen LogP contribution in [-0.4, -0.2) is 22.9 Å². The Labute approximate surface area is 73.2 Å². The molecular weight excluding hydrogens is 152 g/mol. The monoisotopic (exact) mass is 168 g/mol. The fourth-order valence-corrected chi connectivity index (χ4v) is 2.11. The Kier molecular flexibility index (Phi) is 1.61. The molecule has 2 nitrogen and oxygen atoms in total. The third kappa shape index (κ3) is 1.02. The van der Waals surface area contributed by atoms with Gasteiger partial charge in [-0.3, -0.25) is 0 Å². The summed E-state index contributed by atoms with van der Waals surface area (Å²) in [6.07, 6.45) is 1.85. The summed E-state index contributed by atoms with van der Waals surface area (Å²) >= 11 is 0. The molecule has 2 unspecified atom stereocenters. The Balaban J connectivity index is 2.06. The lowest BCUT2D eigenvalue weighted by molar-refractivity contribution is 0.0641. The van der Waals surface area contributed by atoms with Crippen molar-refractivity contribution >= 4 is 0 Å². The number of hydrogen-bond donors (Lipinski definition) is 1. The van der Waals surface area contributed by atoms with Crippen LogP contribution < -0.4 is 0 Å². The minimum Gasteiger partial charge on any atom is -0.390 e. The van der Waals surface area contributed by atoms with Gasteiger partial charge in [0.1, 0.15) is 5.60 Å². The Morgan fingerprint density at radius 1 is 1.58 bits per heavy atom. The molecule has 0 amide bonds. The van der Waals surface area contributed by atoms with E-state index in [1.165, 1.54) is 5.57 Å². The van der Waals surface area contributed by atoms with Gasteiger partial charge in [-0.1, -0.05) is 12.2 Å². The quantitative estimate of drug-likeness (QED) is 0.475. The molecule has 0 bridgehead atoms. The zero-order valence-corrected chi connectivity index (χ0v) is 7.71. The highest BCUT2D eigenvalue weighted by Crippen LogP contribution is 2.50. The van der Waals surface area contributed by atoms with Crippen LogP contribution in [0.25, 0.3) is 0 Å². The summed E-state index contributed by atoms with van der Waals surface area (Å²) in [5.74, 6) is 0.459. The first-order valence-electron chi connectivity index (χ1n) is 4.55. The summed E-state index contributed by atoms with van der Waals surface area (Å²) in [6, 6.07) is 0. The maximum Gasteiger partial charge on any atom is 0.118 e. The van der Waals surface area contributed by atoms with Gasteiger partial charge in [0.05, 0.1) is 12.2 Å². The van der Waals surface area contributed by atoms with E-state index in [0.29, 0.717) is 5.92 Å². The second-order valence-corrected chi connectivity index (χ2v) is 4.32. The molecule has 0 aromatic rings. The number of ether oxygens (including phenoxy) is 1. The number of fused-ring (bicyclic) bond motifs is 1. The van der Waals surface area contributed by atoms with Gasteiger partial charge in [0.25, 0.3) is 0 Å². The third-order valence-electron chi connectivity index (χ3n) is 3.34. The van der Waals surface area contributed by atoms with Gasteiger partial charge in [-0.05, 0) is 32.6 Å². The molecular formula is C10H16O2. The maximum absolute atomic E-state index is 9.73. The molecule has 1 aliphatic heterocycles. The Bertz CT molecular complexity index is 224. The van der Waals surface area contributed by atoms with Gasteiger partial charge in [0.2, 0.25) is 0 Å². The Morgan fingerprint density at radius 2 is 2.25 bits per heavy atom. The van der Waals surface area contributed by atoms with Gasteiger partial charge in [-0.25, -0.2) is 0 Å².